The average Bonchev–Trinajstić information content (AvgIpc) is 2.82. The molecule has 0 aliphatic carbocycles. The molecule has 0 radical (unpaired) electrons. The van der Waals surface area contributed by atoms with Crippen LogP contribution >= 0.6 is 15.9 Å². The summed E-state index contributed by atoms with van der Waals surface area (Å²) in [6.07, 6.45) is -5.76. The van der Waals surface area contributed by atoms with Crippen molar-refractivity contribution in [2.24, 2.45) is 5.10 Å². The highest BCUT2D eigenvalue weighted by Gasteiger charge is 2.62. The zero-order valence-corrected chi connectivity index (χ0v) is 13.7. The molecule has 1 amide bonds. The number of hydrazone groups is 1. The summed E-state index contributed by atoms with van der Waals surface area (Å²) >= 11 is 3.27. The molecule has 0 aromatic carbocycles. The van der Waals surface area contributed by atoms with E-state index in [9.17, 15) is 23.1 Å². The summed E-state index contributed by atoms with van der Waals surface area (Å²) in [6.45, 7) is 4.24. The fraction of sp³-hybridized carbons (Fsp3) is 0.583. The smallest absolute Gasteiger partial charge is 0.362 e. The molecule has 22 heavy (non-hydrogen) atoms. The van der Waals surface area contributed by atoms with Crippen LogP contribution in [0.4, 0.5) is 13.2 Å². The Hall–Kier alpha value is -1.42. The molecule has 2 rings (SSSR count). The Labute approximate surface area is 132 Å². The minimum absolute atomic E-state index is 0.0303. The quantitative estimate of drug-likeness (QED) is 0.851. The first-order chi connectivity index (χ1) is 9.97. The van der Waals surface area contributed by atoms with Crippen LogP contribution in [0.5, 0.6) is 0 Å². The van der Waals surface area contributed by atoms with Gasteiger partial charge in [-0.2, -0.15) is 28.4 Å². The number of aryl methyl sites for hydroxylation is 1. The normalized spacial score (nSPS) is 22.2. The van der Waals surface area contributed by atoms with E-state index in [1.54, 1.807) is 13.8 Å². The van der Waals surface area contributed by atoms with Crippen LogP contribution in [-0.4, -0.2) is 43.4 Å². The molecule has 1 unspecified atom stereocenters. The third-order valence-electron chi connectivity index (χ3n) is 3.39. The van der Waals surface area contributed by atoms with Crippen LogP contribution in [0.1, 0.15) is 24.7 Å². The number of amides is 1. The number of rotatable bonds is 2. The standard InChI is InChI=1S/C12H14BrF3N4O2/c1-6-4-11(22,12(14,15)16)20(17-6)9(21)5-19-8(3)10(13)7(2)18-19/h22H,4-5H2,1-3H3. The van der Waals surface area contributed by atoms with E-state index >= 15 is 0 Å². The molecule has 10 heteroatoms. The third-order valence-corrected chi connectivity index (χ3v) is 4.54. The van der Waals surface area contributed by atoms with E-state index in [1.165, 1.54) is 11.6 Å². The number of carbonyl (C=O) groups is 1. The Morgan fingerprint density at radius 2 is 2.00 bits per heavy atom. The fourth-order valence-corrected chi connectivity index (χ4v) is 2.51. The molecular formula is C12H14BrF3N4O2. The van der Waals surface area contributed by atoms with Gasteiger partial charge >= 0.3 is 6.18 Å². The second-order valence-corrected chi connectivity index (χ2v) is 5.97. The molecule has 1 aliphatic rings. The van der Waals surface area contributed by atoms with Crippen LogP contribution in [0.3, 0.4) is 0 Å². The predicted molar refractivity (Wildman–Crippen MR) is 75.0 cm³/mol. The highest BCUT2D eigenvalue weighted by atomic mass is 79.9. The Kier molecular flexibility index (Phi) is 4.11. The molecule has 2 heterocycles. The van der Waals surface area contributed by atoms with E-state index in [1.807, 2.05) is 0 Å². The summed E-state index contributed by atoms with van der Waals surface area (Å²) in [6, 6.07) is 0. The molecule has 0 saturated heterocycles. The summed E-state index contributed by atoms with van der Waals surface area (Å²) in [5.74, 6) is -0.991. The van der Waals surface area contributed by atoms with Gasteiger partial charge in [-0.25, -0.2) is 0 Å². The van der Waals surface area contributed by atoms with E-state index in [0.29, 0.717) is 15.9 Å². The van der Waals surface area contributed by atoms with Crippen LogP contribution in [0.2, 0.25) is 0 Å². The van der Waals surface area contributed by atoms with Crippen LogP contribution in [0.25, 0.3) is 0 Å². The van der Waals surface area contributed by atoms with Gasteiger partial charge in [-0.15, -0.1) is 0 Å². The molecule has 1 aromatic heterocycles. The Morgan fingerprint density at radius 3 is 2.45 bits per heavy atom. The zero-order valence-electron chi connectivity index (χ0n) is 12.1. The van der Waals surface area contributed by atoms with Crippen molar-refractivity contribution in [3.8, 4) is 0 Å². The van der Waals surface area contributed by atoms with Crippen molar-refractivity contribution < 1.29 is 23.1 Å². The molecule has 122 valence electrons. The van der Waals surface area contributed by atoms with Crippen molar-refractivity contribution >= 4 is 27.5 Å². The lowest BCUT2D eigenvalue weighted by Gasteiger charge is -2.32. The molecule has 0 fully saturated rings. The average molecular weight is 383 g/mol. The van der Waals surface area contributed by atoms with Gasteiger partial charge in [0.05, 0.1) is 15.9 Å². The Balaban J connectivity index is 2.30. The summed E-state index contributed by atoms with van der Waals surface area (Å²) in [5, 5.41) is 17.6. The highest BCUT2D eigenvalue weighted by molar-refractivity contribution is 9.10. The molecule has 1 N–H and O–H groups in total. The molecule has 6 nitrogen and oxygen atoms in total. The van der Waals surface area contributed by atoms with Gasteiger partial charge in [-0.3, -0.25) is 9.48 Å². The van der Waals surface area contributed by atoms with Crippen molar-refractivity contribution in [1.29, 1.82) is 0 Å². The van der Waals surface area contributed by atoms with Gasteiger partial charge in [0.2, 0.25) is 0 Å². The van der Waals surface area contributed by atoms with Crippen LogP contribution in [0, 0.1) is 13.8 Å². The molecule has 1 aromatic rings. The van der Waals surface area contributed by atoms with E-state index < -0.39 is 30.8 Å². The minimum Gasteiger partial charge on any atom is -0.362 e. The molecule has 1 aliphatic heterocycles. The monoisotopic (exact) mass is 382 g/mol. The SMILES string of the molecule is CC1=NN(C(=O)Cn2nc(C)c(Br)c2C)C(O)(C(F)(F)F)C1. The van der Waals surface area contributed by atoms with E-state index in [4.69, 9.17) is 0 Å². The number of alkyl halides is 3. The first-order valence-electron chi connectivity index (χ1n) is 6.33. The number of carbonyl (C=O) groups excluding carboxylic acids is 1. The van der Waals surface area contributed by atoms with Gasteiger partial charge in [0.1, 0.15) is 6.54 Å². The summed E-state index contributed by atoms with van der Waals surface area (Å²) in [7, 11) is 0. The third kappa shape index (κ3) is 2.65. The van der Waals surface area contributed by atoms with Crippen LogP contribution in [-0.2, 0) is 11.3 Å². The second kappa shape index (κ2) is 5.34. The van der Waals surface area contributed by atoms with Gasteiger partial charge in [0, 0.05) is 12.1 Å². The second-order valence-electron chi connectivity index (χ2n) is 5.17. The molecule has 0 spiro atoms. The van der Waals surface area contributed by atoms with Gasteiger partial charge in [-0.05, 0) is 36.7 Å². The lowest BCUT2D eigenvalue weighted by Crippen LogP contribution is -2.57. The topological polar surface area (TPSA) is 70.7 Å². The zero-order chi connectivity index (χ0) is 16.9. The summed E-state index contributed by atoms with van der Waals surface area (Å²) in [4.78, 5) is 12.2. The van der Waals surface area contributed by atoms with Gasteiger partial charge in [-0.1, -0.05) is 0 Å². The maximum atomic E-state index is 13.1. The lowest BCUT2D eigenvalue weighted by molar-refractivity contribution is -0.302. The van der Waals surface area contributed by atoms with Crippen molar-refractivity contribution in [3.63, 3.8) is 0 Å². The van der Waals surface area contributed by atoms with Crippen LogP contribution in [0.15, 0.2) is 9.57 Å². The predicted octanol–water partition coefficient (Wildman–Crippen LogP) is 2.12. The number of halogens is 4. The Morgan fingerprint density at radius 1 is 1.41 bits per heavy atom. The van der Waals surface area contributed by atoms with Crippen molar-refractivity contribution in [3.05, 3.63) is 15.9 Å². The number of aliphatic hydroxyl groups is 1. The largest absolute Gasteiger partial charge is 0.438 e. The fourth-order valence-electron chi connectivity index (χ4n) is 2.23. The first-order valence-corrected chi connectivity index (χ1v) is 7.12. The van der Waals surface area contributed by atoms with Crippen LogP contribution < -0.4 is 0 Å². The summed E-state index contributed by atoms with van der Waals surface area (Å²) < 4.78 is 41.1. The van der Waals surface area contributed by atoms with E-state index in [0.717, 1.165) is 0 Å². The first kappa shape index (κ1) is 16.9. The minimum atomic E-state index is -5.00. The van der Waals surface area contributed by atoms with Crippen molar-refractivity contribution in [2.75, 3.05) is 0 Å². The van der Waals surface area contributed by atoms with E-state index in [2.05, 4.69) is 26.1 Å². The molecule has 0 saturated carbocycles. The van der Waals surface area contributed by atoms with E-state index in [-0.39, 0.29) is 10.7 Å². The molecule has 1 atom stereocenters. The number of hydrogen-bond donors (Lipinski definition) is 1. The number of nitrogens with zero attached hydrogens (tertiary/aromatic N) is 4. The van der Waals surface area contributed by atoms with Gasteiger partial charge in [0.15, 0.2) is 0 Å². The maximum Gasteiger partial charge on any atom is 0.438 e. The number of hydrogen-bond acceptors (Lipinski definition) is 4. The highest BCUT2D eigenvalue weighted by Crippen LogP contribution is 2.40. The van der Waals surface area contributed by atoms with Gasteiger partial charge < -0.3 is 5.11 Å². The number of aromatic nitrogens is 2. The summed E-state index contributed by atoms with van der Waals surface area (Å²) in [5.41, 5.74) is -2.07. The molecule has 0 bridgehead atoms. The van der Waals surface area contributed by atoms with Crippen molar-refractivity contribution in [1.82, 2.24) is 14.8 Å². The van der Waals surface area contributed by atoms with Gasteiger partial charge in [0.25, 0.3) is 11.6 Å². The Bertz CT molecular complexity index is 656. The molecular weight excluding hydrogens is 369 g/mol. The van der Waals surface area contributed by atoms with Crippen molar-refractivity contribution in [2.45, 2.75) is 45.6 Å². The lowest BCUT2D eigenvalue weighted by atomic mass is 10.1. The maximum absolute atomic E-state index is 13.1.